The van der Waals surface area contributed by atoms with Crippen LogP contribution in [0.1, 0.15) is 23.2 Å². The average molecular weight is 217 g/mol. The second-order valence-electron chi connectivity index (χ2n) is 3.68. The quantitative estimate of drug-likeness (QED) is 0.434. The molecule has 0 aromatic heterocycles. The van der Waals surface area contributed by atoms with Crippen LogP contribution >= 0.6 is 0 Å². The van der Waals surface area contributed by atoms with E-state index in [1.165, 1.54) is 0 Å². The Bertz CT molecular complexity index is 436. The molecule has 1 saturated heterocycles. The van der Waals surface area contributed by atoms with Gasteiger partial charge in [0.25, 0.3) is 0 Å². The summed E-state index contributed by atoms with van der Waals surface area (Å²) >= 11 is 0. The van der Waals surface area contributed by atoms with E-state index >= 15 is 0 Å². The zero-order chi connectivity index (χ0) is 11.5. The Hall–Kier alpha value is -1.97. The van der Waals surface area contributed by atoms with Crippen LogP contribution in [0, 0.1) is 0 Å². The average Bonchev–Trinajstić information content (AvgIpc) is 2.75. The van der Waals surface area contributed by atoms with Gasteiger partial charge >= 0.3 is 0 Å². The minimum Gasteiger partial charge on any atom is -0.312 e. The third-order valence-corrected chi connectivity index (χ3v) is 2.64. The summed E-state index contributed by atoms with van der Waals surface area (Å²) in [6, 6.07) is 6.52. The van der Waals surface area contributed by atoms with Crippen molar-refractivity contribution in [3.8, 4) is 0 Å². The summed E-state index contributed by atoms with van der Waals surface area (Å²) in [6.45, 7) is 0.722. The van der Waals surface area contributed by atoms with Crippen LogP contribution in [0.15, 0.2) is 24.3 Å². The van der Waals surface area contributed by atoms with Crippen LogP contribution in [0.3, 0.4) is 0 Å². The van der Waals surface area contributed by atoms with E-state index in [9.17, 15) is 14.4 Å². The van der Waals surface area contributed by atoms with Gasteiger partial charge in [0.1, 0.15) is 0 Å². The van der Waals surface area contributed by atoms with Gasteiger partial charge in [0, 0.05) is 24.2 Å². The minimum absolute atomic E-state index is 0.106. The van der Waals surface area contributed by atoms with Gasteiger partial charge in [-0.3, -0.25) is 14.4 Å². The summed E-state index contributed by atoms with van der Waals surface area (Å²) < 4.78 is 0. The Morgan fingerprint density at radius 1 is 1.25 bits per heavy atom. The predicted octanol–water partition coefficient (Wildman–Crippen LogP) is 1.20. The molecule has 0 spiro atoms. The molecule has 0 atom stereocenters. The van der Waals surface area contributed by atoms with E-state index in [0.29, 0.717) is 12.0 Å². The number of nitrogens with zero attached hydrogens (tertiary/aromatic N) is 1. The van der Waals surface area contributed by atoms with Crippen molar-refractivity contribution in [3.05, 3.63) is 29.8 Å². The summed E-state index contributed by atoms with van der Waals surface area (Å²) in [5.74, 6) is -0.436. The maximum Gasteiger partial charge on any atom is 0.227 e. The number of anilines is 1. The monoisotopic (exact) mass is 217 g/mol. The van der Waals surface area contributed by atoms with E-state index < -0.39 is 5.78 Å². The molecule has 0 saturated carbocycles. The minimum atomic E-state index is -0.542. The maximum absolute atomic E-state index is 11.5. The smallest absolute Gasteiger partial charge is 0.227 e. The van der Waals surface area contributed by atoms with E-state index in [2.05, 4.69) is 0 Å². The molecule has 82 valence electrons. The highest BCUT2D eigenvalue weighted by molar-refractivity contribution is 6.33. The zero-order valence-electron chi connectivity index (χ0n) is 8.68. The van der Waals surface area contributed by atoms with Crippen molar-refractivity contribution in [2.75, 3.05) is 11.4 Å². The first-order valence-corrected chi connectivity index (χ1v) is 5.12. The molecule has 0 unspecified atom stereocenters. The number of hydrogen-bond acceptors (Lipinski definition) is 3. The zero-order valence-corrected chi connectivity index (χ0v) is 8.68. The van der Waals surface area contributed by atoms with Crippen molar-refractivity contribution in [2.45, 2.75) is 12.8 Å². The van der Waals surface area contributed by atoms with Gasteiger partial charge in [0.05, 0.1) is 0 Å². The highest BCUT2D eigenvalue weighted by Gasteiger charge is 2.21. The summed E-state index contributed by atoms with van der Waals surface area (Å²) in [7, 11) is 0. The van der Waals surface area contributed by atoms with Crippen LogP contribution in [0.25, 0.3) is 0 Å². The molecule has 1 heterocycles. The van der Waals surface area contributed by atoms with Crippen LogP contribution in [0.5, 0.6) is 0 Å². The van der Waals surface area contributed by atoms with Crippen molar-refractivity contribution in [1.29, 1.82) is 0 Å². The second kappa shape index (κ2) is 4.26. The molecule has 0 radical (unpaired) electrons. The second-order valence-corrected chi connectivity index (χ2v) is 3.68. The van der Waals surface area contributed by atoms with Crippen molar-refractivity contribution in [2.24, 2.45) is 0 Å². The molecule has 1 aliphatic rings. The summed E-state index contributed by atoms with van der Waals surface area (Å²) in [4.78, 5) is 34.5. The van der Waals surface area contributed by atoms with Gasteiger partial charge in [-0.2, -0.15) is 0 Å². The Labute approximate surface area is 92.9 Å². The number of carbonyl (C=O) groups is 3. The van der Waals surface area contributed by atoms with Gasteiger partial charge in [0.2, 0.25) is 11.7 Å². The molecule has 1 amide bonds. The Balaban J connectivity index is 2.22. The number of ketones is 1. The van der Waals surface area contributed by atoms with Gasteiger partial charge in [-0.15, -0.1) is 0 Å². The third kappa shape index (κ3) is 1.86. The number of benzene rings is 1. The molecule has 0 N–H and O–H groups in total. The lowest BCUT2D eigenvalue weighted by molar-refractivity contribution is -0.117. The lowest BCUT2D eigenvalue weighted by Gasteiger charge is -2.15. The Kier molecular flexibility index (Phi) is 2.81. The SMILES string of the molecule is O=CC(=O)c1ccc(N2CCCC2=O)cc1. The lowest BCUT2D eigenvalue weighted by Crippen LogP contribution is -2.23. The fourth-order valence-corrected chi connectivity index (χ4v) is 1.79. The number of amides is 1. The number of aldehydes is 1. The molecule has 1 aromatic rings. The lowest BCUT2D eigenvalue weighted by atomic mass is 10.1. The van der Waals surface area contributed by atoms with E-state index in [-0.39, 0.29) is 12.2 Å². The van der Waals surface area contributed by atoms with E-state index in [1.807, 2.05) is 0 Å². The van der Waals surface area contributed by atoms with Crippen molar-refractivity contribution in [1.82, 2.24) is 0 Å². The summed E-state index contributed by atoms with van der Waals surface area (Å²) in [6.07, 6.45) is 1.74. The molecular weight excluding hydrogens is 206 g/mol. The molecule has 1 aliphatic heterocycles. The highest BCUT2D eigenvalue weighted by atomic mass is 16.2. The number of rotatable bonds is 3. The first kappa shape index (κ1) is 10.5. The fourth-order valence-electron chi connectivity index (χ4n) is 1.79. The van der Waals surface area contributed by atoms with Crippen LogP contribution in [-0.4, -0.2) is 24.5 Å². The van der Waals surface area contributed by atoms with Crippen LogP contribution < -0.4 is 4.90 Å². The molecule has 4 heteroatoms. The maximum atomic E-state index is 11.5. The normalized spacial score (nSPS) is 15.2. The third-order valence-electron chi connectivity index (χ3n) is 2.64. The largest absolute Gasteiger partial charge is 0.312 e. The summed E-state index contributed by atoms with van der Waals surface area (Å²) in [5, 5.41) is 0. The van der Waals surface area contributed by atoms with Gasteiger partial charge < -0.3 is 4.90 Å². The predicted molar refractivity (Wildman–Crippen MR) is 58.4 cm³/mol. The molecule has 16 heavy (non-hydrogen) atoms. The van der Waals surface area contributed by atoms with Crippen molar-refractivity contribution >= 4 is 23.7 Å². The van der Waals surface area contributed by atoms with Gasteiger partial charge in [-0.05, 0) is 30.7 Å². The molecule has 4 nitrogen and oxygen atoms in total. The first-order valence-electron chi connectivity index (χ1n) is 5.12. The standard InChI is InChI=1S/C12H11NO3/c14-8-11(15)9-3-5-10(6-4-9)13-7-1-2-12(13)16/h3-6,8H,1-2,7H2. The molecule has 1 fully saturated rings. The Morgan fingerprint density at radius 3 is 2.44 bits per heavy atom. The van der Waals surface area contributed by atoms with Crippen molar-refractivity contribution in [3.63, 3.8) is 0 Å². The molecular formula is C12H11NO3. The fraction of sp³-hybridized carbons (Fsp3) is 0.250. The van der Waals surface area contributed by atoms with Gasteiger partial charge in [-0.25, -0.2) is 0 Å². The Morgan fingerprint density at radius 2 is 1.94 bits per heavy atom. The van der Waals surface area contributed by atoms with E-state index in [0.717, 1.165) is 18.7 Å². The molecule has 1 aromatic carbocycles. The topological polar surface area (TPSA) is 54.5 Å². The molecule has 0 bridgehead atoms. The van der Waals surface area contributed by atoms with E-state index in [4.69, 9.17) is 0 Å². The van der Waals surface area contributed by atoms with Crippen molar-refractivity contribution < 1.29 is 14.4 Å². The van der Waals surface area contributed by atoms with Crippen LogP contribution in [0.4, 0.5) is 5.69 Å². The van der Waals surface area contributed by atoms with Gasteiger partial charge in [-0.1, -0.05) is 0 Å². The number of Topliss-reactive ketones (excluding diaryl/α,β-unsaturated/α-hetero) is 1. The van der Waals surface area contributed by atoms with E-state index in [1.54, 1.807) is 29.2 Å². The van der Waals surface area contributed by atoms with Crippen LogP contribution in [-0.2, 0) is 9.59 Å². The highest BCUT2D eigenvalue weighted by Crippen LogP contribution is 2.21. The molecule has 0 aliphatic carbocycles. The molecule has 2 rings (SSSR count). The number of hydrogen-bond donors (Lipinski definition) is 0. The summed E-state index contributed by atoms with van der Waals surface area (Å²) in [5.41, 5.74) is 1.13. The van der Waals surface area contributed by atoms with Gasteiger partial charge in [0.15, 0.2) is 6.29 Å². The number of carbonyl (C=O) groups excluding carboxylic acids is 3. The first-order chi connectivity index (χ1) is 7.72. The van der Waals surface area contributed by atoms with Crippen LogP contribution in [0.2, 0.25) is 0 Å².